The van der Waals surface area contributed by atoms with E-state index in [0.717, 1.165) is 19.6 Å². The van der Waals surface area contributed by atoms with Crippen LogP contribution in [0, 0.1) is 0 Å². The Morgan fingerprint density at radius 2 is 1.79 bits per heavy atom. The van der Waals surface area contributed by atoms with Gasteiger partial charge in [0.1, 0.15) is 0 Å². The molecule has 1 fully saturated rings. The first-order valence-electron chi connectivity index (χ1n) is 7.59. The molecule has 0 heterocycles. The van der Waals surface area contributed by atoms with Crippen molar-refractivity contribution in [3.05, 3.63) is 0 Å². The molecule has 0 atom stereocenters. The van der Waals surface area contributed by atoms with E-state index < -0.39 is 5.54 Å². The van der Waals surface area contributed by atoms with Gasteiger partial charge in [-0.25, -0.2) is 0 Å². The molecule has 0 saturated heterocycles. The van der Waals surface area contributed by atoms with Crippen LogP contribution >= 0.6 is 0 Å². The van der Waals surface area contributed by atoms with E-state index in [1.807, 2.05) is 13.8 Å². The Bertz CT molecular complexity index is 283. The van der Waals surface area contributed by atoms with Crippen molar-refractivity contribution in [2.75, 3.05) is 33.7 Å². The fourth-order valence-corrected chi connectivity index (χ4v) is 2.85. The third kappa shape index (κ3) is 4.77. The molecule has 19 heavy (non-hydrogen) atoms. The van der Waals surface area contributed by atoms with Gasteiger partial charge in [-0.2, -0.15) is 0 Å². The molecule has 4 nitrogen and oxygen atoms in total. The zero-order chi connectivity index (χ0) is 14.5. The van der Waals surface area contributed by atoms with E-state index in [2.05, 4.69) is 36.1 Å². The van der Waals surface area contributed by atoms with Crippen LogP contribution < -0.4 is 5.32 Å². The average Bonchev–Trinajstić information content (AvgIpc) is 2.82. The van der Waals surface area contributed by atoms with Crippen molar-refractivity contribution in [2.45, 2.75) is 58.0 Å². The largest absolute Gasteiger partial charge is 0.337 e. The van der Waals surface area contributed by atoms with Crippen molar-refractivity contribution < 1.29 is 4.79 Å². The normalized spacial score (nSPS) is 17.2. The summed E-state index contributed by atoms with van der Waals surface area (Å²) in [6, 6.07) is 0.449. The van der Waals surface area contributed by atoms with Crippen LogP contribution in [-0.2, 0) is 4.79 Å². The summed E-state index contributed by atoms with van der Waals surface area (Å²) in [6.45, 7) is 8.64. The van der Waals surface area contributed by atoms with Gasteiger partial charge in [0, 0.05) is 19.1 Å². The number of hydrogen-bond donors (Lipinski definition) is 1. The molecule has 0 spiro atoms. The van der Waals surface area contributed by atoms with Crippen LogP contribution in [0.5, 0.6) is 0 Å². The molecule has 4 heteroatoms. The van der Waals surface area contributed by atoms with Gasteiger partial charge in [0.2, 0.25) is 5.91 Å². The summed E-state index contributed by atoms with van der Waals surface area (Å²) < 4.78 is 0. The first-order chi connectivity index (χ1) is 8.88. The third-order valence-corrected chi connectivity index (χ3v) is 3.97. The van der Waals surface area contributed by atoms with Crippen molar-refractivity contribution in [1.29, 1.82) is 0 Å². The highest BCUT2D eigenvalue weighted by Crippen LogP contribution is 2.25. The zero-order valence-electron chi connectivity index (χ0n) is 13.3. The van der Waals surface area contributed by atoms with Gasteiger partial charge in [0.25, 0.3) is 0 Å². The van der Waals surface area contributed by atoms with E-state index in [-0.39, 0.29) is 5.91 Å². The van der Waals surface area contributed by atoms with E-state index >= 15 is 0 Å². The number of amides is 1. The van der Waals surface area contributed by atoms with Crippen LogP contribution in [0.1, 0.15) is 46.5 Å². The number of likely N-dealkylation sites (N-methyl/N-ethyl adjacent to an activating group) is 2. The molecular weight excluding hydrogens is 238 g/mol. The molecule has 1 amide bonds. The van der Waals surface area contributed by atoms with Gasteiger partial charge in [0.15, 0.2) is 0 Å². The summed E-state index contributed by atoms with van der Waals surface area (Å²) in [5.41, 5.74) is -0.455. The predicted octanol–water partition coefficient (Wildman–Crippen LogP) is 1.71. The minimum atomic E-state index is -0.455. The average molecular weight is 269 g/mol. The van der Waals surface area contributed by atoms with E-state index in [4.69, 9.17) is 0 Å². The maximum atomic E-state index is 12.8. The third-order valence-electron chi connectivity index (χ3n) is 3.97. The molecule has 0 bridgehead atoms. The number of nitrogens with one attached hydrogen (secondary N) is 1. The van der Waals surface area contributed by atoms with Crippen molar-refractivity contribution in [3.8, 4) is 0 Å². The quantitative estimate of drug-likeness (QED) is 0.764. The minimum Gasteiger partial charge on any atom is -0.337 e. The van der Waals surface area contributed by atoms with Crippen LogP contribution in [0.15, 0.2) is 0 Å². The van der Waals surface area contributed by atoms with Crippen LogP contribution in [0.3, 0.4) is 0 Å². The summed E-state index contributed by atoms with van der Waals surface area (Å²) in [7, 11) is 4.12. The highest BCUT2D eigenvalue weighted by Gasteiger charge is 2.35. The second-order valence-corrected chi connectivity index (χ2v) is 6.40. The Kier molecular flexibility index (Phi) is 6.27. The summed E-state index contributed by atoms with van der Waals surface area (Å²) in [5, 5.41) is 3.31. The van der Waals surface area contributed by atoms with Gasteiger partial charge < -0.3 is 15.1 Å². The summed E-state index contributed by atoms with van der Waals surface area (Å²) in [6.07, 6.45) is 4.86. The van der Waals surface area contributed by atoms with Crippen LogP contribution in [-0.4, -0.2) is 61.0 Å². The monoisotopic (exact) mass is 269 g/mol. The lowest BCUT2D eigenvalue weighted by Gasteiger charge is -2.37. The lowest BCUT2D eigenvalue weighted by Crippen LogP contribution is -2.57. The SMILES string of the molecule is CCNC(C)(C)C(=O)N(CCN(C)C)C1CCCC1. The van der Waals surface area contributed by atoms with Gasteiger partial charge in [0.05, 0.1) is 5.54 Å². The molecule has 1 rings (SSSR count). The topological polar surface area (TPSA) is 35.6 Å². The van der Waals surface area contributed by atoms with Crippen molar-refractivity contribution in [3.63, 3.8) is 0 Å². The Morgan fingerprint density at radius 1 is 1.21 bits per heavy atom. The van der Waals surface area contributed by atoms with Crippen molar-refractivity contribution in [2.24, 2.45) is 0 Å². The Labute approximate surface area is 118 Å². The number of nitrogens with zero attached hydrogens (tertiary/aromatic N) is 2. The summed E-state index contributed by atoms with van der Waals surface area (Å²) in [5.74, 6) is 0.253. The number of carbonyl (C=O) groups excluding carboxylic acids is 1. The maximum absolute atomic E-state index is 12.8. The van der Waals surface area contributed by atoms with E-state index in [1.54, 1.807) is 0 Å². The van der Waals surface area contributed by atoms with Gasteiger partial charge in [-0.05, 0) is 47.3 Å². The van der Waals surface area contributed by atoms with Gasteiger partial charge in [-0.3, -0.25) is 4.79 Å². The second-order valence-electron chi connectivity index (χ2n) is 6.40. The van der Waals surface area contributed by atoms with Gasteiger partial charge >= 0.3 is 0 Å². The maximum Gasteiger partial charge on any atom is 0.242 e. The Hall–Kier alpha value is -0.610. The predicted molar refractivity (Wildman–Crippen MR) is 80.3 cm³/mol. The molecule has 1 N–H and O–H groups in total. The second kappa shape index (κ2) is 7.25. The summed E-state index contributed by atoms with van der Waals surface area (Å²) in [4.78, 5) is 17.1. The standard InChI is InChI=1S/C15H31N3O/c1-6-16-15(2,3)14(19)18(12-11-17(4)5)13-9-7-8-10-13/h13,16H,6-12H2,1-5H3. The molecule has 0 aromatic heterocycles. The number of rotatable bonds is 7. The van der Waals surface area contributed by atoms with Crippen LogP contribution in [0.4, 0.5) is 0 Å². The highest BCUT2D eigenvalue weighted by molar-refractivity contribution is 5.85. The minimum absolute atomic E-state index is 0.253. The number of hydrogen-bond acceptors (Lipinski definition) is 3. The zero-order valence-corrected chi connectivity index (χ0v) is 13.3. The fraction of sp³-hybridized carbons (Fsp3) is 0.933. The van der Waals surface area contributed by atoms with Gasteiger partial charge in [-0.1, -0.05) is 19.8 Å². The molecule has 0 aliphatic heterocycles. The molecule has 112 valence electrons. The molecule has 0 unspecified atom stereocenters. The molecular formula is C15H31N3O. The molecule has 1 aliphatic rings. The van der Waals surface area contributed by atoms with E-state index in [9.17, 15) is 4.79 Å². The fourth-order valence-electron chi connectivity index (χ4n) is 2.85. The first-order valence-corrected chi connectivity index (χ1v) is 7.59. The molecule has 0 aromatic rings. The highest BCUT2D eigenvalue weighted by atomic mass is 16.2. The molecule has 0 aromatic carbocycles. The van der Waals surface area contributed by atoms with Crippen LogP contribution in [0.2, 0.25) is 0 Å². The van der Waals surface area contributed by atoms with Crippen LogP contribution in [0.25, 0.3) is 0 Å². The Morgan fingerprint density at radius 3 is 2.26 bits per heavy atom. The molecule has 1 saturated carbocycles. The summed E-state index contributed by atoms with van der Waals surface area (Å²) >= 11 is 0. The number of carbonyl (C=O) groups is 1. The van der Waals surface area contributed by atoms with E-state index in [0.29, 0.717) is 6.04 Å². The van der Waals surface area contributed by atoms with Crippen molar-refractivity contribution >= 4 is 5.91 Å². The van der Waals surface area contributed by atoms with Crippen molar-refractivity contribution in [1.82, 2.24) is 15.1 Å². The smallest absolute Gasteiger partial charge is 0.242 e. The first kappa shape index (κ1) is 16.4. The lowest BCUT2D eigenvalue weighted by atomic mass is 10.0. The Balaban J connectivity index is 2.73. The van der Waals surface area contributed by atoms with E-state index in [1.165, 1.54) is 25.7 Å². The lowest BCUT2D eigenvalue weighted by molar-refractivity contribution is -0.139. The molecule has 0 radical (unpaired) electrons. The molecule has 1 aliphatic carbocycles. The van der Waals surface area contributed by atoms with Gasteiger partial charge in [-0.15, -0.1) is 0 Å².